The first-order valence-electron chi connectivity index (χ1n) is 6.14. The summed E-state index contributed by atoms with van der Waals surface area (Å²) in [4.78, 5) is 4.43. The van der Waals surface area contributed by atoms with E-state index in [0.29, 0.717) is 5.92 Å². The highest BCUT2D eigenvalue weighted by Crippen LogP contribution is 2.21. The van der Waals surface area contributed by atoms with E-state index in [1.54, 1.807) is 0 Å². The Kier molecular flexibility index (Phi) is 5.78. The summed E-state index contributed by atoms with van der Waals surface area (Å²) in [7, 11) is -1.23. The zero-order chi connectivity index (χ0) is 12.8. The molecule has 1 rings (SSSR count). The minimum atomic E-state index is -1.23. The predicted octanol–water partition coefficient (Wildman–Crippen LogP) is 2.54. The van der Waals surface area contributed by atoms with Crippen LogP contribution in [0.2, 0.25) is 0 Å². The van der Waals surface area contributed by atoms with E-state index in [-0.39, 0.29) is 5.25 Å². The normalized spacial score (nSPS) is 16.5. The van der Waals surface area contributed by atoms with Crippen LogP contribution in [-0.4, -0.2) is 14.4 Å². The van der Waals surface area contributed by atoms with Crippen molar-refractivity contribution in [2.75, 3.05) is 0 Å². The first-order chi connectivity index (χ1) is 8.04. The molecule has 2 N–H and O–H groups in total. The minimum absolute atomic E-state index is 0.0281. The highest BCUT2D eigenvalue weighted by Gasteiger charge is 2.14. The summed E-state index contributed by atoms with van der Waals surface area (Å²) in [6.07, 6.45) is 4.91. The fourth-order valence-electron chi connectivity index (χ4n) is 1.86. The summed E-state index contributed by atoms with van der Waals surface area (Å²) < 4.78 is 11.1. The van der Waals surface area contributed by atoms with Crippen LogP contribution in [0.3, 0.4) is 0 Å². The van der Waals surface area contributed by atoms with Gasteiger partial charge in [0.2, 0.25) is 0 Å². The number of rotatable bonds is 6. The molecule has 0 fully saturated rings. The number of nitrogens with zero attached hydrogens (tertiary/aromatic N) is 1. The fraction of sp³-hybridized carbons (Fsp3) is 0.615. The Bertz CT molecular complexity index is 364. The Balaban J connectivity index is 2.63. The monoisotopic (exact) mass is 254 g/mol. The van der Waals surface area contributed by atoms with Gasteiger partial charge in [-0.25, -0.2) is 4.21 Å². The Morgan fingerprint density at radius 3 is 2.59 bits per heavy atom. The molecule has 0 bridgehead atoms. The van der Waals surface area contributed by atoms with Gasteiger partial charge in [0, 0.05) is 17.1 Å². The zero-order valence-corrected chi connectivity index (χ0v) is 11.7. The number of aryl methyl sites for hydroxylation is 1. The van der Waals surface area contributed by atoms with E-state index in [4.69, 9.17) is 5.14 Å². The first kappa shape index (κ1) is 14.3. The average Bonchev–Trinajstić information content (AvgIpc) is 2.30. The van der Waals surface area contributed by atoms with Crippen molar-refractivity contribution in [2.45, 2.75) is 51.2 Å². The molecule has 1 aromatic rings. The van der Waals surface area contributed by atoms with Crippen molar-refractivity contribution in [3.05, 3.63) is 29.6 Å². The molecular formula is C13H22N2OS. The summed E-state index contributed by atoms with van der Waals surface area (Å²) in [6, 6.07) is 4.20. The fourth-order valence-corrected chi connectivity index (χ4v) is 2.34. The molecule has 0 saturated carbocycles. The zero-order valence-electron chi connectivity index (χ0n) is 10.8. The second-order valence-corrected chi connectivity index (χ2v) is 6.07. The molecule has 2 unspecified atom stereocenters. The summed E-state index contributed by atoms with van der Waals surface area (Å²) in [5.41, 5.74) is 2.33. The Morgan fingerprint density at radius 2 is 2.12 bits per heavy atom. The van der Waals surface area contributed by atoms with Crippen molar-refractivity contribution in [2.24, 2.45) is 5.14 Å². The molecular weight excluding hydrogens is 232 g/mol. The second kappa shape index (κ2) is 6.87. The molecule has 1 aromatic heterocycles. The lowest BCUT2D eigenvalue weighted by Crippen LogP contribution is -2.20. The average molecular weight is 254 g/mol. The summed E-state index contributed by atoms with van der Waals surface area (Å²) >= 11 is 0. The van der Waals surface area contributed by atoms with E-state index in [1.807, 2.05) is 13.1 Å². The highest BCUT2D eigenvalue weighted by molar-refractivity contribution is 7.83. The molecule has 0 aliphatic heterocycles. The standard InChI is InChI=1S/C13H22N2OS/c1-4-5-13-7-6-12(9-15-13)10(2)8-11(3)17(14)16/h6-7,9-11H,4-5,8,14H2,1-3H3/t10-,11?,17?/m1/s1. The Morgan fingerprint density at radius 1 is 1.41 bits per heavy atom. The third-order valence-corrected chi connectivity index (χ3v) is 3.99. The van der Waals surface area contributed by atoms with E-state index in [1.165, 1.54) is 5.56 Å². The third kappa shape index (κ3) is 4.56. The molecule has 17 heavy (non-hydrogen) atoms. The maximum Gasteiger partial charge on any atom is 0.0917 e. The van der Waals surface area contributed by atoms with Crippen molar-refractivity contribution in [3.63, 3.8) is 0 Å². The van der Waals surface area contributed by atoms with Gasteiger partial charge in [-0.15, -0.1) is 0 Å². The lowest BCUT2D eigenvalue weighted by Gasteiger charge is -2.15. The summed E-state index contributed by atoms with van der Waals surface area (Å²) in [5, 5.41) is 5.41. The lowest BCUT2D eigenvalue weighted by atomic mass is 9.97. The van der Waals surface area contributed by atoms with Gasteiger partial charge in [-0.05, 0) is 37.3 Å². The van der Waals surface area contributed by atoms with Crippen molar-refractivity contribution in [1.29, 1.82) is 0 Å². The van der Waals surface area contributed by atoms with Gasteiger partial charge >= 0.3 is 0 Å². The topological polar surface area (TPSA) is 56.0 Å². The summed E-state index contributed by atoms with van der Waals surface area (Å²) in [5.74, 6) is 0.348. The molecule has 1 heterocycles. The number of aromatic nitrogens is 1. The lowest BCUT2D eigenvalue weighted by molar-refractivity contribution is 0.634. The molecule has 0 aliphatic carbocycles. The maximum absolute atomic E-state index is 11.1. The third-order valence-electron chi connectivity index (χ3n) is 3.00. The van der Waals surface area contributed by atoms with E-state index in [0.717, 1.165) is 25.0 Å². The quantitative estimate of drug-likeness (QED) is 0.848. The van der Waals surface area contributed by atoms with Crippen LogP contribution in [0.1, 0.15) is 50.8 Å². The number of hydrogen-bond donors (Lipinski definition) is 1. The van der Waals surface area contributed by atoms with Crippen LogP contribution in [0.5, 0.6) is 0 Å². The van der Waals surface area contributed by atoms with Gasteiger partial charge in [-0.1, -0.05) is 26.3 Å². The molecule has 4 heteroatoms. The van der Waals surface area contributed by atoms with Gasteiger partial charge in [0.1, 0.15) is 0 Å². The van der Waals surface area contributed by atoms with Gasteiger partial charge in [0.15, 0.2) is 0 Å². The largest absolute Gasteiger partial charge is 0.261 e. The van der Waals surface area contributed by atoms with E-state index in [2.05, 4.69) is 31.0 Å². The van der Waals surface area contributed by atoms with Crippen LogP contribution in [-0.2, 0) is 17.4 Å². The number of nitrogens with two attached hydrogens (primary N) is 1. The van der Waals surface area contributed by atoms with Gasteiger partial charge in [-0.3, -0.25) is 10.1 Å². The van der Waals surface area contributed by atoms with Gasteiger partial charge in [0.25, 0.3) is 0 Å². The van der Waals surface area contributed by atoms with Gasteiger partial charge < -0.3 is 0 Å². The summed E-state index contributed by atoms with van der Waals surface area (Å²) in [6.45, 7) is 6.20. The van der Waals surface area contributed by atoms with Crippen molar-refractivity contribution >= 4 is 11.0 Å². The Labute approximate surface area is 106 Å². The molecule has 0 spiro atoms. The van der Waals surface area contributed by atoms with Crippen LogP contribution < -0.4 is 5.14 Å². The molecule has 96 valence electrons. The number of hydrogen-bond acceptors (Lipinski definition) is 2. The van der Waals surface area contributed by atoms with Gasteiger partial charge in [-0.2, -0.15) is 0 Å². The van der Waals surface area contributed by atoms with Crippen LogP contribution in [0.4, 0.5) is 0 Å². The molecule has 3 nitrogen and oxygen atoms in total. The molecule has 3 atom stereocenters. The van der Waals surface area contributed by atoms with E-state index < -0.39 is 11.0 Å². The van der Waals surface area contributed by atoms with Crippen molar-refractivity contribution < 1.29 is 4.21 Å². The molecule has 0 aliphatic rings. The van der Waals surface area contributed by atoms with Crippen LogP contribution in [0.25, 0.3) is 0 Å². The van der Waals surface area contributed by atoms with Gasteiger partial charge in [0.05, 0.1) is 11.0 Å². The van der Waals surface area contributed by atoms with Crippen molar-refractivity contribution in [3.8, 4) is 0 Å². The highest BCUT2D eigenvalue weighted by atomic mass is 32.2. The van der Waals surface area contributed by atoms with E-state index in [9.17, 15) is 4.21 Å². The van der Waals surface area contributed by atoms with Crippen molar-refractivity contribution in [1.82, 2.24) is 4.98 Å². The molecule has 0 amide bonds. The number of pyridine rings is 1. The second-order valence-electron chi connectivity index (χ2n) is 4.61. The molecule has 0 saturated heterocycles. The molecule has 0 radical (unpaired) electrons. The van der Waals surface area contributed by atoms with Crippen LogP contribution in [0.15, 0.2) is 18.3 Å². The molecule has 0 aromatic carbocycles. The smallest absolute Gasteiger partial charge is 0.0917 e. The minimum Gasteiger partial charge on any atom is -0.261 e. The van der Waals surface area contributed by atoms with Crippen LogP contribution >= 0.6 is 0 Å². The first-order valence-corrected chi connectivity index (χ1v) is 7.42. The van der Waals surface area contributed by atoms with Crippen LogP contribution in [0, 0.1) is 0 Å². The Hall–Kier alpha value is -0.740. The van der Waals surface area contributed by atoms with E-state index >= 15 is 0 Å². The SMILES string of the molecule is CCCc1ccc([C@H](C)CC(C)S(N)=O)cn1. The maximum atomic E-state index is 11.1. The predicted molar refractivity (Wildman–Crippen MR) is 73.1 cm³/mol.